The number of methoxy groups -OCH3 is 1. The topological polar surface area (TPSA) is 52.4 Å². The van der Waals surface area contributed by atoms with Gasteiger partial charge in [0.25, 0.3) is 5.69 Å². The predicted octanol–water partition coefficient (Wildman–Crippen LogP) is 4.17. The van der Waals surface area contributed by atoms with Crippen LogP contribution in [0.15, 0.2) is 40.9 Å². The first kappa shape index (κ1) is 13.5. The van der Waals surface area contributed by atoms with Crippen molar-refractivity contribution in [1.29, 1.82) is 0 Å². The molecule has 0 amide bonds. The highest BCUT2D eigenvalue weighted by molar-refractivity contribution is 9.10. The van der Waals surface area contributed by atoms with E-state index in [2.05, 4.69) is 15.9 Å². The standard InChI is InChI=1S/C13H9BrFNO3/c1-19-9-3-5-11(13(15)7-9)10-4-2-8(16(17)18)6-12(10)14/h2-7H,1H3. The summed E-state index contributed by atoms with van der Waals surface area (Å²) >= 11 is 3.22. The first-order valence-corrected chi connectivity index (χ1v) is 6.10. The third-order valence-corrected chi connectivity index (χ3v) is 3.29. The summed E-state index contributed by atoms with van der Waals surface area (Å²) in [5.74, 6) is -0.0341. The quantitative estimate of drug-likeness (QED) is 0.628. The Hall–Kier alpha value is -1.95. The Bertz CT molecular complexity index is 646. The van der Waals surface area contributed by atoms with E-state index in [9.17, 15) is 14.5 Å². The average Bonchev–Trinajstić information content (AvgIpc) is 2.39. The molecule has 0 atom stereocenters. The van der Waals surface area contributed by atoms with Crippen LogP contribution in [0.1, 0.15) is 0 Å². The van der Waals surface area contributed by atoms with E-state index in [-0.39, 0.29) is 5.69 Å². The van der Waals surface area contributed by atoms with Crippen molar-refractivity contribution in [3.8, 4) is 16.9 Å². The minimum Gasteiger partial charge on any atom is -0.497 e. The van der Waals surface area contributed by atoms with E-state index >= 15 is 0 Å². The minimum absolute atomic E-state index is 0.0513. The molecule has 0 fully saturated rings. The zero-order chi connectivity index (χ0) is 14.0. The summed E-state index contributed by atoms with van der Waals surface area (Å²) in [7, 11) is 1.45. The van der Waals surface area contributed by atoms with Gasteiger partial charge in [0.1, 0.15) is 11.6 Å². The van der Waals surface area contributed by atoms with E-state index in [1.807, 2.05) is 0 Å². The van der Waals surface area contributed by atoms with E-state index < -0.39 is 10.7 Å². The molecule has 0 aliphatic carbocycles. The lowest BCUT2D eigenvalue weighted by atomic mass is 10.0. The van der Waals surface area contributed by atoms with Crippen LogP contribution in [0.5, 0.6) is 5.75 Å². The number of nitrogens with zero attached hydrogens (tertiary/aromatic N) is 1. The fourth-order valence-corrected chi connectivity index (χ4v) is 2.26. The Balaban J connectivity index is 2.50. The van der Waals surface area contributed by atoms with Crippen molar-refractivity contribution in [2.75, 3.05) is 7.11 Å². The van der Waals surface area contributed by atoms with Crippen molar-refractivity contribution in [2.24, 2.45) is 0 Å². The number of hydrogen-bond donors (Lipinski definition) is 0. The minimum atomic E-state index is -0.501. The highest BCUT2D eigenvalue weighted by atomic mass is 79.9. The molecule has 19 heavy (non-hydrogen) atoms. The maximum atomic E-state index is 13.9. The van der Waals surface area contributed by atoms with Crippen LogP contribution in [0, 0.1) is 15.9 Å². The highest BCUT2D eigenvalue weighted by Crippen LogP contribution is 2.34. The molecule has 4 nitrogen and oxygen atoms in total. The maximum Gasteiger partial charge on any atom is 0.270 e. The second kappa shape index (κ2) is 5.36. The van der Waals surface area contributed by atoms with E-state index in [0.29, 0.717) is 21.3 Å². The summed E-state index contributed by atoms with van der Waals surface area (Å²) in [5, 5.41) is 10.6. The Morgan fingerprint density at radius 2 is 1.89 bits per heavy atom. The molecule has 0 bridgehead atoms. The summed E-state index contributed by atoms with van der Waals surface area (Å²) in [6.45, 7) is 0. The van der Waals surface area contributed by atoms with Crippen LogP contribution in [0.4, 0.5) is 10.1 Å². The van der Waals surface area contributed by atoms with Crippen LogP contribution in [0.25, 0.3) is 11.1 Å². The largest absolute Gasteiger partial charge is 0.497 e. The van der Waals surface area contributed by atoms with Crippen molar-refractivity contribution in [1.82, 2.24) is 0 Å². The molecule has 0 aliphatic heterocycles. The van der Waals surface area contributed by atoms with Gasteiger partial charge in [0.05, 0.1) is 12.0 Å². The zero-order valence-corrected chi connectivity index (χ0v) is 11.5. The molecule has 6 heteroatoms. The lowest BCUT2D eigenvalue weighted by Crippen LogP contribution is -1.91. The molecule has 0 unspecified atom stereocenters. The second-order valence-corrected chi connectivity index (χ2v) is 4.62. The van der Waals surface area contributed by atoms with Gasteiger partial charge < -0.3 is 4.74 Å². The molecule has 2 rings (SSSR count). The highest BCUT2D eigenvalue weighted by Gasteiger charge is 2.13. The number of hydrogen-bond acceptors (Lipinski definition) is 3. The van der Waals surface area contributed by atoms with Gasteiger partial charge in [-0.05, 0) is 39.7 Å². The number of rotatable bonds is 3. The number of halogens is 2. The van der Waals surface area contributed by atoms with E-state index in [1.54, 1.807) is 12.1 Å². The summed E-state index contributed by atoms with van der Waals surface area (Å²) in [6.07, 6.45) is 0. The van der Waals surface area contributed by atoms with Gasteiger partial charge >= 0.3 is 0 Å². The monoisotopic (exact) mass is 325 g/mol. The molecule has 98 valence electrons. The number of benzene rings is 2. The van der Waals surface area contributed by atoms with Crippen molar-refractivity contribution < 1.29 is 14.1 Å². The molecule has 0 N–H and O–H groups in total. The van der Waals surface area contributed by atoms with E-state index in [1.165, 1.54) is 31.4 Å². The molecule has 0 aromatic heterocycles. The number of non-ortho nitro benzene ring substituents is 1. The van der Waals surface area contributed by atoms with Gasteiger partial charge in [0.15, 0.2) is 0 Å². The van der Waals surface area contributed by atoms with E-state index in [0.717, 1.165) is 0 Å². The van der Waals surface area contributed by atoms with Crippen molar-refractivity contribution in [3.05, 3.63) is 56.8 Å². The van der Waals surface area contributed by atoms with Crippen molar-refractivity contribution >= 4 is 21.6 Å². The summed E-state index contributed by atoms with van der Waals surface area (Å²) in [4.78, 5) is 10.1. The van der Waals surface area contributed by atoms with Crippen molar-refractivity contribution in [3.63, 3.8) is 0 Å². The van der Waals surface area contributed by atoms with Crippen LogP contribution in [0.3, 0.4) is 0 Å². The fraction of sp³-hybridized carbons (Fsp3) is 0.0769. The Morgan fingerprint density at radius 3 is 2.42 bits per heavy atom. The molecule has 0 radical (unpaired) electrons. The molecule has 0 saturated heterocycles. The SMILES string of the molecule is COc1ccc(-c2ccc([N+](=O)[O-])cc2Br)c(F)c1. The Kier molecular flexibility index (Phi) is 3.80. The van der Waals surface area contributed by atoms with Gasteiger partial charge in [-0.2, -0.15) is 0 Å². The number of ether oxygens (including phenoxy) is 1. The molecule has 2 aromatic rings. The van der Waals surface area contributed by atoms with Gasteiger partial charge in [-0.1, -0.05) is 0 Å². The average molecular weight is 326 g/mol. The molecular weight excluding hydrogens is 317 g/mol. The van der Waals surface area contributed by atoms with Gasteiger partial charge in [-0.25, -0.2) is 4.39 Å². The van der Waals surface area contributed by atoms with Crippen LogP contribution in [-0.4, -0.2) is 12.0 Å². The number of nitro groups is 1. The number of nitro benzene ring substituents is 1. The first-order chi connectivity index (χ1) is 9.02. The van der Waals surface area contributed by atoms with Crippen molar-refractivity contribution in [2.45, 2.75) is 0 Å². The van der Waals surface area contributed by atoms with E-state index in [4.69, 9.17) is 4.74 Å². The lowest BCUT2D eigenvalue weighted by molar-refractivity contribution is -0.384. The summed E-state index contributed by atoms with van der Waals surface area (Å²) < 4.78 is 19.3. The first-order valence-electron chi connectivity index (χ1n) is 5.31. The maximum absolute atomic E-state index is 13.9. The smallest absolute Gasteiger partial charge is 0.270 e. The summed E-state index contributed by atoms with van der Waals surface area (Å²) in [5.41, 5.74) is 0.845. The third kappa shape index (κ3) is 2.73. The molecular formula is C13H9BrFNO3. The summed E-state index contributed by atoms with van der Waals surface area (Å²) in [6, 6.07) is 8.66. The lowest BCUT2D eigenvalue weighted by Gasteiger charge is -2.07. The van der Waals surface area contributed by atoms with Crippen LogP contribution in [-0.2, 0) is 0 Å². The zero-order valence-electron chi connectivity index (χ0n) is 9.89. The van der Waals surface area contributed by atoms with Crippen LogP contribution < -0.4 is 4.74 Å². The Morgan fingerprint density at radius 1 is 1.21 bits per heavy atom. The van der Waals surface area contributed by atoms with Gasteiger partial charge in [0, 0.05) is 28.2 Å². The molecule has 0 spiro atoms. The predicted molar refractivity (Wildman–Crippen MR) is 72.7 cm³/mol. The fourth-order valence-electron chi connectivity index (χ4n) is 1.68. The molecule has 0 aliphatic rings. The van der Waals surface area contributed by atoms with Gasteiger partial charge in [0.2, 0.25) is 0 Å². The van der Waals surface area contributed by atoms with Gasteiger partial charge in [-0.15, -0.1) is 0 Å². The normalized spacial score (nSPS) is 10.3. The van der Waals surface area contributed by atoms with Gasteiger partial charge in [-0.3, -0.25) is 10.1 Å². The third-order valence-electron chi connectivity index (χ3n) is 2.63. The van der Waals surface area contributed by atoms with Crippen LogP contribution >= 0.6 is 15.9 Å². The Labute approximate surface area is 117 Å². The van der Waals surface area contributed by atoms with Crippen LogP contribution in [0.2, 0.25) is 0 Å². The second-order valence-electron chi connectivity index (χ2n) is 3.77. The molecule has 0 heterocycles. The molecule has 2 aromatic carbocycles. The molecule has 0 saturated carbocycles.